The third-order valence-corrected chi connectivity index (χ3v) is 3.46. The summed E-state index contributed by atoms with van der Waals surface area (Å²) in [4.78, 5) is 26.0. The molecule has 1 aromatic heterocycles. The van der Waals surface area contributed by atoms with Gasteiger partial charge in [-0.05, 0) is 26.0 Å². The Morgan fingerprint density at radius 2 is 1.74 bits per heavy atom. The third kappa shape index (κ3) is 2.28. The number of fused-ring (bicyclic) bond motifs is 1. The van der Waals surface area contributed by atoms with Crippen LogP contribution in [0.5, 0.6) is 0 Å². The summed E-state index contributed by atoms with van der Waals surface area (Å²) in [7, 11) is 1.73. The summed E-state index contributed by atoms with van der Waals surface area (Å²) in [5.74, 6) is -0.0246. The van der Waals surface area contributed by atoms with E-state index in [1.165, 1.54) is 4.57 Å². The van der Waals surface area contributed by atoms with Crippen LogP contribution in [0.25, 0.3) is 11.0 Å². The Morgan fingerprint density at radius 3 is 2.32 bits per heavy atom. The number of benzene rings is 1. The van der Waals surface area contributed by atoms with Gasteiger partial charge in [0.25, 0.3) is 0 Å². The molecule has 0 fully saturated rings. The zero-order valence-corrected chi connectivity index (χ0v) is 11.6. The van der Waals surface area contributed by atoms with Crippen LogP contribution in [-0.2, 0) is 18.4 Å². The molecule has 0 aliphatic rings. The standard InChI is InChI=1S/C14H19N3O2/c1-4-16(5-2)13(18)10-17-12-9-7-6-8-11(12)15(3)14(17)19/h6-9H,4-5,10H2,1-3H3. The van der Waals surface area contributed by atoms with Crippen molar-refractivity contribution >= 4 is 16.9 Å². The number of hydrogen-bond acceptors (Lipinski definition) is 2. The van der Waals surface area contributed by atoms with Crippen LogP contribution in [0, 0.1) is 0 Å². The predicted molar refractivity (Wildman–Crippen MR) is 75.1 cm³/mol. The Hall–Kier alpha value is -2.04. The van der Waals surface area contributed by atoms with Gasteiger partial charge in [-0.15, -0.1) is 0 Å². The molecular formula is C14H19N3O2. The highest BCUT2D eigenvalue weighted by Gasteiger charge is 2.15. The lowest BCUT2D eigenvalue weighted by Crippen LogP contribution is -2.36. The predicted octanol–water partition coefficient (Wildman–Crippen LogP) is 1.21. The number of carbonyl (C=O) groups is 1. The summed E-state index contributed by atoms with van der Waals surface area (Å²) in [6.45, 7) is 5.30. The minimum absolute atomic E-state index is 0.0246. The maximum atomic E-state index is 12.2. The number of likely N-dealkylation sites (N-methyl/N-ethyl adjacent to an activating group) is 1. The molecule has 1 heterocycles. The molecule has 19 heavy (non-hydrogen) atoms. The Bertz CT molecular complexity index is 650. The Kier molecular flexibility index (Phi) is 3.74. The van der Waals surface area contributed by atoms with Gasteiger partial charge in [-0.25, -0.2) is 4.79 Å². The lowest BCUT2D eigenvalue weighted by Gasteiger charge is -2.18. The number of nitrogens with zero attached hydrogens (tertiary/aromatic N) is 3. The summed E-state index contributed by atoms with van der Waals surface area (Å²) in [5.41, 5.74) is 1.50. The number of aryl methyl sites for hydroxylation is 1. The van der Waals surface area contributed by atoms with Gasteiger partial charge in [0.1, 0.15) is 6.54 Å². The molecule has 0 aliphatic heterocycles. The van der Waals surface area contributed by atoms with E-state index in [0.29, 0.717) is 13.1 Å². The normalized spacial score (nSPS) is 10.9. The van der Waals surface area contributed by atoms with Gasteiger partial charge in [-0.2, -0.15) is 0 Å². The molecule has 0 saturated heterocycles. The van der Waals surface area contributed by atoms with E-state index in [4.69, 9.17) is 0 Å². The van der Waals surface area contributed by atoms with Crippen LogP contribution in [0.4, 0.5) is 0 Å². The lowest BCUT2D eigenvalue weighted by molar-refractivity contribution is -0.131. The van der Waals surface area contributed by atoms with E-state index < -0.39 is 0 Å². The lowest BCUT2D eigenvalue weighted by atomic mass is 10.3. The van der Waals surface area contributed by atoms with Crippen LogP contribution in [0.2, 0.25) is 0 Å². The number of rotatable bonds is 4. The molecule has 2 rings (SSSR count). The first-order valence-corrected chi connectivity index (χ1v) is 6.52. The fourth-order valence-electron chi connectivity index (χ4n) is 2.33. The van der Waals surface area contributed by atoms with Crippen LogP contribution >= 0.6 is 0 Å². The molecule has 0 radical (unpaired) electrons. The van der Waals surface area contributed by atoms with Gasteiger partial charge >= 0.3 is 5.69 Å². The van der Waals surface area contributed by atoms with Crippen molar-refractivity contribution in [3.05, 3.63) is 34.7 Å². The molecule has 0 saturated carbocycles. The van der Waals surface area contributed by atoms with Crippen molar-refractivity contribution in [2.75, 3.05) is 13.1 Å². The average molecular weight is 261 g/mol. The first-order valence-electron chi connectivity index (χ1n) is 6.52. The number of hydrogen-bond donors (Lipinski definition) is 0. The van der Waals surface area contributed by atoms with Crippen molar-refractivity contribution in [1.29, 1.82) is 0 Å². The van der Waals surface area contributed by atoms with Gasteiger partial charge in [0.15, 0.2) is 0 Å². The first kappa shape index (κ1) is 13.4. The Morgan fingerprint density at radius 1 is 1.16 bits per heavy atom. The average Bonchev–Trinajstić information content (AvgIpc) is 2.66. The van der Waals surface area contributed by atoms with E-state index in [1.807, 2.05) is 38.1 Å². The second-order valence-electron chi connectivity index (χ2n) is 4.48. The molecule has 0 N–H and O–H groups in total. The van der Waals surface area contributed by atoms with Crippen LogP contribution < -0.4 is 5.69 Å². The largest absolute Gasteiger partial charge is 0.342 e. The number of imidazole rings is 1. The van der Waals surface area contributed by atoms with Crippen molar-refractivity contribution in [3.63, 3.8) is 0 Å². The molecule has 0 atom stereocenters. The Balaban J connectivity index is 2.44. The fraction of sp³-hybridized carbons (Fsp3) is 0.429. The van der Waals surface area contributed by atoms with Crippen molar-refractivity contribution in [1.82, 2.24) is 14.0 Å². The summed E-state index contributed by atoms with van der Waals surface area (Å²) in [6, 6.07) is 7.51. The van der Waals surface area contributed by atoms with Crippen molar-refractivity contribution in [3.8, 4) is 0 Å². The van der Waals surface area contributed by atoms with Gasteiger partial charge in [0, 0.05) is 20.1 Å². The molecule has 0 unspecified atom stereocenters. The molecule has 1 aromatic carbocycles. The van der Waals surface area contributed by atoms with Crippen LogP contribution in [-0.4, -0.2) is 33.0 Å². The highest BCUT2D eigenvalue weighted by Crippen LogP contribution is 2.11. The monoisotopic (exact) mass is 261 g/mol. The summed E-state index contributed by atoms with van der Waals surface area (Å²) >= 11 is 0. The molecular weight excluding hydrogens is 242 g/mol. The van der Waals surface area contributed by atoms with Crippen molar-refractivity contribution in [2.45, 2.75) is 20.4 Å². The van der Waals surface area contributed by atoms with E-state index in [0.717, 1.165) is 11.0 Å². The maximum Gasteiger partial charge on any atom is 0.329 e. The minimum atomic E-state index is -0.151. The molecule has 0 bridgehead atoms. The summed E-state index contributed by atoms with van der Waals surface area (Å²) in [5, 5.41) is 0. The van der Waals surface area contributed by atoms with Crippen LogP contribution in [0.15, 0.2) is 29.1 Å². The quantitative estimate of drug-likeness (QED) is 0.830. The Labute approximate surface area is 112 Å². The zero-order chi connectivity index (χ0) is 14.0. The third-order valence-electron chi connectivity index (χ3n) is 3.46. The number of amides is 1. The molecule has 0 aliphatic carbocycles. The maximum absolute atomic E-state index is 12.2. The number of aromatic nitrogens is 2. The topological polar surface area (TPSA) is 47.2 Å². The van der Waals surface area contributed by atoms with E-state index in [1.54, 1.807) is 16.5 Å². The molecule has 5 heteroatoms. The first-order chi connectivity index (χ1) is 9.10. The van der Waals surface area contributed by atoms with Crippen LogP contribution in [0.3, 0.4) is 0 Å². The van der Waals surface area contributed by atoms with Gasteiger partial charge < -0.3 is 4.90 Å². The van der Waals surface area contributed by atoms with E-state index >= 15 is 0 Å². The molecule has 0 spiro atoms. The van der Waals surface area contributed by atoms with Crippen LogP contribution in [0.1, 0.15) is 13.8 Å². The number of carbonyl (C=O) groups excluding carboxylic acids is 1. The second kappa shape index (κ2) is 5.30. The molecule has 102 valence electrons. The van der Waals surface area contributed by atoms with E-state index in [2.05, 4.69) is 0 Å². The molecule has 1 amide bonds. The van der Waals surface area contributed by atoms with Gasteiger partial charge in [0.2, 0.25) is 5.91 Å². The summed E-state index contributed by atoms with van der Waals surface area (Å²) in [6.07, 6.45) is 0. The molecule has 2 aromatic rings. The fourth-order valence-corrected chi connectivity index (χ4v) is 2.33. The van der Waals surface area contributed by atoms with Gasteiger partial charge in [0.05, 0.1) is 11.0 Å². The summed E-state index contributed by atoms with van der Waals surface area (Å²) < 4.78 is 3.11. The smallest absolute Gasteiger partial charge is 0.329 e. The van der Waals surface area contributed by atoms with Crippen molar-refractivity contribution in [2.24, 2.45) is 7.05 Å². The highest BCUT2D eigenvalue weighted by atomic mass is 16.2. The van der Waals surface area contributed by atoms with Gasteiger partial charge in [-0.3, -0.25) is 13.9 Å². The van der Waals surface area contributed by atoms with E-state index in [-0.39, 0.29) is 18.1 Å². The number of para-hydroxylation sites is 2. The SMILES string of the molecule is CCN(CC)C(=O)Cn1c(=O)n(C)c2ccccc21. The zero-order valence-electron chi connectivity index (χ0n) is 11.6. The molecule has 5 nitrogen and oxygen atoms in total. The highest BCUT2D eigenvalue weighted by molar-refractivity contribution is 5.80. The van der Waals surface area contributed by atoms with E-state index in [9.17, 15) is 9.59 Å². The van der Waals surface area contributed by atoms with Gasteiger partial charge in [-0.1, -0.05) is 12.1 Å². The minimum Gasteiger partial charge on any atom is -0.342 e. The second-order valence-corrected chi connectivity index (χ2v) is 4.48. The van der Waals surface area contributed by atoms with Crippen molar-refractivity contribution < 1.29 is 4.79 Å².